The van der Waals surface area contributed by atoms with Crippen LogP contribution in [0.5, 0.6) is 0 Å². The molecule has 8 nitrogen and oxygen atoms in total. The van der Waals surface area contributed by atoms with Crippen LogP contribution in [0.1, 0.15) is 19.0 Å². The molecule has 0 saturated carbocycles. The van der Waals surface area contributed by atoms with Gasteiger partial charge in [-0.25, -0.2) is 4.98 Å². The lowest BCUT2D eigenvalue weighted by molar-refractivity contribution is 1.07. The second kappa shape index (κ2) is 8.25. The number of pyridine rings is 2. The lowest BCUT2D eigenvalue weighted by Gasteiger charge is -2.08. The van der Waals surface area contributed by atoms with Gasteiger partial charge >= 0.3 is 0 Å². The van der Waals surface area contributed by atoms with Crippen molar-refractivity contribution in [3.8, 4) is 28.3 Å². The van der Waals surface area contributed by atoms with Gasteiger partial charge in [-0.3, -0.25) is 15.1 Å². The number of fused-ring (bicyclic) bond motifs is 2. The van der Waals surface area contributed by atoms with Gasteiger partial charge in [0, 0.05) is 39.9 Å². The van der Waals surface area contributed by atoms with Gasteiger partial charge in [0.05, 0.1) is 52.7 Å². The summed E-state index contributed by atoms with van der Waals surface area (Å²) in [4.78, 5) is 16.9. The summed E-state index contributed by atoms with van der Waals surface area (Å²) in [7, 11) is 0. The normalized spacial score (nSPS) is 11.4. The van der Waals surface area contributed by atoms with Crippen LogP contribution in [-0.4, -0.2) is 34.7 Å². The predicted octanol–water partition coefficient (Wildman–Crippen LogP) is 6.00. The Labute approximate surface area is 201 Å². The highest BCUT2D eigenvalue weighted by molar-refractivity contribution is 5.98. The second-order valence-electron chi connectivity index (χ2n) is 8.58. The van der Waals surface area contributed by atoms with E-state index in [9.17, 15) is 0 Å². The van der Waals surface area contributed by atoms with Crippen molar-refractivity contribution in [1.82, 2.24) is 34.7 Å². The molecule has 0 amide bonds. The molecule has 0 atom stereocenters. The predicted molar refractivity (Wildman–Crippen MR) is 139 cm³/mol. The number of benzene rings is 1. The first-order chi connectivity index (χ1) is 17.1. The van der Waals surface area contributed by atoms with Crippen molar-refractivity contribution in [1.29, 1.82) is 0 Å². The summed E-state index contributed by atoms with van der Waals surface area (Å²) in [5.41, 5.74) is 9.29. The van der Waals surface area contributed by atoms with E-state index in [1.54, 1.807) is 6.20 Å². The van der Waals surface area contributed by atoms with Crippen LogP contribution >= 0.6 is 0 Å². The van der Waals surface area contributed by atoms with Crippen molar-refractivity contribution in [2.24, 2.45) is 0 Å². The number of nitrogens with one attached hydrogen (secondary N) is 3. The standard InChI is InChI=1S/C27H24N8/c1-4-16(2)31-19-8-18(11-28-12-19)23-10-21-25(13-29-23)33-34-27(21)24-9-20-22(32-24)6-5-7-26(20)35-14-17(3)30-15-35/h5-15,31-32H,2,4H2,1,3H3,(H,33,34). The fourth-order valence-electron chi connectivity index (χ4n) is 4.27. The Hall–Kier alpha value is -4.72. The molecule has 0 radical (unpaired) electrons. The number of rotatable bonds is 6. The zero-order valence-electron chi connectivity index (χ0n) is 19.5. The lowest BCUT2D eigenvalue weighted by Crippen LogP contribution is -1.97. The number of hydrogen-bond donors (Lipinski definition) is 3. The van der Waals surface area contributed by atoms with Crippen molar-refractivity contribution in [2.45, 2.75) is 20.3 Å². The summed E-state index contributed by atoms with van der Waals surface area (Å²) in [6, 6.07) is 12.4. The molecular weight excluding hydrogens is 436 g/mol. The molecular formula is C27H24N8. The fraction of sp³-hybridized carbons (Fsp3) is 0.111. The van der Waals surface area contributed by atoms with Gasteiger partial charge in [-0.2, -0.15) is 5.10 Å². The van der Waals surface area contributed by atoms with Gasteiger partial charge in [0.25, 0.3) is 0 Å². The Kier molecular flexibility index (Phi) is 4.92. The Balaban J connectivity index is 1.43. The van der Waals surface area contributed by atoms with E-state index in [1.807, 2.05) is 48.5 Å². The van der Waals surface area contributed by atoms with E-state index in [0.717, 1.165) is 73.6 Å². The number of hydrogen-bond acceptors (Lipinski definition) is 5. The maximum Gasteiger partial charge on any atom is 0.116 e. The number of anilines is 1. The topological polar surface area (TPSA) is 100 Å². The highest BCUT2D eigenvalue weighted by atomic mass is 15.1. The quantitative estimate of drug-likeness (QED) is 0.283. The van der Waals surface area contributed by atoms with E-state index in [0.29, 0.717) is 0 Å². The van der Waals surface area contributed by atoms with E-state index in [4.69, 9.17) is 0 Å². The third-order valence-corrected chi connectivity index (χ3v) is 6.12. The first kappa shape index (κ1) is 20.9. The van der Waals surface area contributed by atoms with Crippen molar-refractivity contribution in [2.75, 3.05) is 5.32 Å². The first-order valence-corrected chi connectivity index (χ1v) is 11.5. The average Bonchev–Trinajstić information content (AvgIpc) is 3.61. The van der Waals surface area contributed by atoms with E-state index in [-0.39, 0.29) is 0 Å². The number of nitrogens with zero attached hydrogens (tertiary/aromatic N) is 5. The molecule has 0 bridgehead atoms. The van der Waals surface area contributed by atoms with Gasteiger partial charge in [-0.05, 0) is 43.7 Å². The zero-order chi connectivity index (χ0) is 23.9. The maximum absolute atomic E-state index is 4.64. The van der Waals surface area contributed by atoms with Crippen LogP contribution < -0.4 is 5.32 Å². The van der Waals surface area contributed by atoms with Gasteiger partial charge < -0.3 is 14.9 Å². The van der Waals surface area contributed by atoms with Gasteiger partial charge in [-0.1, -0.05) is 19.6 Å². The number of aromatic amines is 2. The molecule has 0 unspecified atom stereocenters. The van der Waals surface area contributed by atoms with Crippen molar-refractivity contribution in [3.63, 3.8) is 0 Å². The summed E-state index contributed by atoms with van der Waals surface area (Å²) in [5, 5.41) is 13.1. The first-order valence-electron chi connectivity index (χ1n) is 11.5. The van der Waals surface area contributed by atoms with Crippen molar-refractivity contribution in [3.05, 3.63) is 85.5 Å². The SMILES string of the molecule is C=C(CC)Nc1cncc(-c2cc3c(-c4cc5c(-n6cnc(C)c6)cccc5[nH]4)n[nH]c3cn2)c1. The van der Waals surface area contributed by atoms with Crippen molar-refractivity contribution < 1.29 is 0 Å². The molecule has 8 heteroatoms. The van der Waals surface area contributed by atoms with Gasteiger partial charge in [0.1, 0.15) is 5.69 Å². The monoisotopic (exact) mass is 460 g/mol. The zero-order valence-corrected chi connectivity index (χ0v) is 19.5. The smallest absolute Gasteiger partial charge is 0.116 e. The van der Waals surface area contributed by atoms with E-state index in [1.165, 1.54) is 0 Å². The number of allylic oxidation sites excluding steroid dienone is 1. The van der Waals surface area contributed by atoms with E-state index >= 15 is 0 Å². The Morgan fingerprint density at radius 1 is 1.06 bits per heavy atom. The minimum absolute atomic E-state index is 0.823. The molecule has 35 heavy (non-hydrogen) atoms. The molecule has 0 aliphatic rings. The minimum Gasteiger partial charge on any atom is -0.358 e. The maximum atomic E-state index is 4.64. The van der Waals surface area contributed by atoms with Gasteiger partial charge in [0.15, 0.2) is 0 Å². The highest BCUT2D eigenvalue weighted by Gasteiger charge is 2.15. The summed E-state index contributed by atoms with van der Waals surface area (Å²) in [6.45, 7) is 8.07. The third-order valence-electron chi connectivity index (χ3n) is 6.12. The minimum atomic E-state index is 0.823. The number of aryl methyl sites for hydroxylation is 1. The third kappa shape index (κ3) is 3.74. The molecule has 172 valence electrons. The van der Waals surface area contributed by atoms with Gasteiger partial charge in [0.2, 0.25) is 0 Å². The van der Waals surface area contributed by atoms with Crippen LogP contribution in [0.15, 0.2) is 79.8 Å². The molecule has 0 saturated heterocycles. The molecule has 0 aliphatic heterocycles. The molecule has 5 heterocycles. The van der Waals surface area contributed by atoms with Crippen LogP contribution in [0.2, 0.25) is 0 Å². The summed E-state index contributed by atoms with van der Waals surface area (Å²) in [5.74, 6) is 0. The molecule has 6 aromatic rings. The summed E-state index contributed by atoms with van der Waals surface area (Å²) in [6.07, 6.45) is 10.1. The number of aromatic nitrogens is 7. The van der Waals surface area contributed by atoms with Gasteiger partial charge in [-0.15, -0.1) is 0 Å². The van der Waals surface area contributed by atoms with Crippen LogP contribution in [0.4, 0.5) is 5.69 Å². The Morgan fingerprint density at radius 2 is 1.97 bits per heavy atom. The Morgan fingerprint density at radius 3 is 2.80 bits per heavy atom. The summed E-state index contributed by atoms with van der Waals surface area (Å²) < 4.78 is 2.04. The fourth-order valence-corrected chi connectivity index (χ4v) is 4.27. The molecule has 6 rings (SSSR count). The molecule has 5 aromatic heterocycles. The van der Waals surface area contributed by atoms with Crippen LogP contribution in [0, 0.1) is 6.92 Å². The van der Waals surface area contributed by atoms with Crippen molar-refractivity contribution >= 4 is 27.5 Å². The van der Waals surface area contributed by atoms with Crippen LogP contribution in [0.25, 0.3) is 50.1 Å². The van der Waals surface area contributed by atoms with Crippen LogP contribution in [-0.2, 0) is 0 Å². The van der Waals surface area contributed by atoms with Crippen LogP contribution in [0.3, 0.4) is 0 Å². The number of imidazole rings is 1. The Bertz CT molecular complexity index is 1700. The average molecular weight is 461 g/mol. The van der Waals surface area contributed by atoms with E-state index < -0.39 is 0 Å². The lowest BCUT2D eigenvalue weighted by atomic mass is 10.1. The molecule has 3 N–H and O–H groups in total. The molecule has 0 aliphatic carbocycles. The molecule has 0 fully saturated rings. The summed E-state index contributed by atoms with van der Waals surface area (Å²) >= 11 is 0. The van der Waals surface area contributed by atoms with E-state index in [2.05, 4.69) is 73.2 Å². The molecule has 1 aromatic carbocycles. The molecule has 0 spiro atoms. The number of H-pyrrole nitrogens is 2. The second-order valence-corrected chi connectivity index (χ2v) is 8.58. The largest absolute Gasteiger partial charge is 0.358 e. The highest BCUT2D eigenvalue weighted by Crippen LogP contribution is 2.33.